The minimum Gasteiger partial charge on any atom is -0.375 e. The number of aliphatic hydroxyl groups is 1. The average Bonchev–Trinajstić information content (AvgIpc) is 3.01. The van der Waals surface area contributed by atoms with Gasteiger partial charge in [0.1, 0.15) is 12.7 Å². The van der Waals surface area contributed by atoms with Crippen molar-refractivity contribution in [3.05, 3.63) is 47.5 Å². The van der Waals surface area contributed by atoms with E-state index in [0.717, 1.165) is 0 Å². The maximum atomic E-state index is 14.2. The van der Waals surface area contributed by atoms with Gasteiger partial charge in [0, 0.05) is 10.6 Å². The van der Waals surface area contributed by atoms with E-state index in [9.17, 15) is 14.3 Å². The molecule has 1 aromatic heterocycles. The quantitative estimate of drug-likeness (QED) is 0.916. The van der Waals surface area contributed by atoms with Gasteiger partial charge in [-0.3, -0.25) is 4.79 Å². The van der Waals surface area contributed by atoms with E-state index in [2.05, 4.69) is 10.1 Å². The van der Waals surface area contributed by atoms with Crippen LogP contribution in [0.15, 0.2) is 36.9 Å². The molecule has 5 nitrogen and oxygen atoms in total. The van der Waals surface area contributed by atoms with Crippen LogP contribution in [-0.4, -0.2) is 31.3 Å². The topological polar surface area (TPSA) is 68.0 Å². The van der Waals surface area contributed by atoms with Crippen molar-refractivity contribution < 1.29 is 14.3 Å². The third-order valence-corrected chi connectivity index (χ3v) is 3.98. The Morgan fingerprint density at radius 2 is 2.19 bits per heavy atom. The number of ketones is 1. The van der Waals surface area contributed by atoms with Crippen LogP contribution in [0.3, 0.4) is 0 Å². The monoisotopic (exact) mass is 309 g/mol. The van der Waals surface area contributed by atoms with E-state index < -0.39 is 17.1 Å². The van der Waals surface area contributed by atoms with Crippen molar-refractivity contribution in [2.75, 3.05) is 0 Å². The first-order valence-electron chi connectivity index (χ1n) is 6.49. The van der Waals surface area contributed by atoms with Gasteiger partial charge in [-0.2, -0.15) is 5.10 Å². The average molecular weight is 310 g/mol. The molecule has 0 aliphatic heterocycles. The molecule has 7 heteroatoms. The second-order valence-electron chi connectivity index (χ2n) is 5.23. The molecule has 1 heterocycles. The van der Waals surface area contributed by atoms with Crippen LogP contribution in [0, 0.1) is 0 Å². The number of carbonyl (C=O) groups is 1. The maximum Gasteiger partial charge on any atom is 0.207 e. The molecule has 1 aromatic carbocycles. The molecule has 1 saturated carbocycles. The van der Waals surface area contributed by atoms with E-state index in [1.807, 2.05) is 0 Å². The van der Waals surface area contributed by atoms with Crippen LogP contribution >= 0.6 is 11.6 Å². The van der Waals surface area contributed by atoms with Crippen molar-refractivity contribution in [2.24, 2.45) is 0 Å². The lowest BCUT2D eigenvalue weighted by atomic mass is 9.86. The molecule has 0 saturated heterocycles. The number of nitrogens with zero attached hydrogens (tertiary/aromatic N) is 3. The number of Topliss-reactive ketones (excluding diaryl/α,β-unsaturated/α-hetero) is 1. The summed E-state index contributed by atoms with van der Waals surface area (Å²) in [4.78, 5) is 16.2. The van der Waals surface area contributed by atoms with Crippen LogP contribution in [0.5, 0.6) is 0 Å². The lowest BCUT2D eigenvalue weighted by Gasteiger charge is -2.29. The highest BCUT2D eigenvalue weighted by Gasteiger charge is 2.59. The van der Waals surface area contributed by atoms with Crippen LogP contribution in [0.25, 0.3) is 0 Å². The van der Waals surface area contributed by atoms with Crippen molar-refractivity contribution in [3.63, 3.8) is 0 Å². The second kappa shape index (κ2) is 4.89. The minimum atomic E-state index is -2.07. The molecule has 1 atom stereocenters. The molecule has 2 aromatic rings. The number of halogens is 2. The Hall–Kier alpha value is -1.79. The summed E-state index contributed by atoms with van der Waals surface area (Å²) in [6.07, 6.45) is 2.87. The van der Waals surface area contributed by atoms with E-state index >= 15 is 0 Å². The van der Waals surface area contributed by atoms with E-state index in [0.29, 0.717) is 0 Å². The van der Waals surface area contributed by atoms with Gasteiger partial charge < -0.3 is 5.11 Å². The third-order valence-electron chi connectivity index (χ3n) is 3.65. The molecule has 0 radical (unpaired) electrons. The SMILES string of the molecule is O=C(C1(F)CC1)C(O)(Cn1cncn1)c1ccccc1Cl. The van der Waals surface area contributed by atoms with Crippen molar-refractivity contribution in [3.8, 4) is 0 Å². The van der Waals surface area contributed by atoms with Crippen LogP contribution in [-0.2, 0) is 16.9 Å². The predicted molar refractivity (Wildman–Crippen MR) is 73.5 cm³/mol. The third kappa shape index (κ3) is 2.45. The largest absolute Gasteiger partial charge is 0.375 e. The van der Waals surface area contributed by atoms with Crippen molar-refractivity contribution in [2.45, 2.75) is 30.7 Å². The molecule has 1 N–H and O–H groups in total. The molecule has 3 rings (SSSR count). The first-order chi connectivity index (χ1) is 9.96. The molecule has 0 amide bonds. The van der Waals surface area contributed by atoms with Crippen LogP contribution in [0.4, 0.5) is 4.39 Å². The summed E-state index contributed by atoms with van der Waals surface area (Å²) in [5.41, 5.74) is -3.87. The van der Waals surface area contributed by atoms with Gasteiger partial charge in [0.15, 0.2) is 11.3 Å². The number of rotatable bonds is 5. The highest BCUT2D eigenvalue weighted by Crippen LogP contribution is 2.46. The molecular formula is C14H13ClFN3O2. The number of hydrogen-bond acceptors (Lipinski definition) is 4. The van der Waals surface area contributed by atoms with Crippen molar-refractivity contribution >= 4 is 17.4 Å². The molecule has 21 heavy (non-hydrogen) atoms. The zero-order valence-electron chi connectivity index (χ0n) is 11.0. The summed E-state index contributed by atoms with van der Waals surface area (Å²) >= 11 is 6.08. The van der Waals surface area contributed by atoms with Crippen LogP contribution < -0.4 is 0 Å². The van der Waals surface area contributed by atoms with Gasteiger partial charge in [0.05, 0.1) is 6.54 Å². The first kappa shape index (κ1) is 14.2. The Balaban J connectivity index is 2.06. The molecule has 1 unspecified atom stereocenters. The predicted octanol–water partition coefficient (Wildman–Crippen LogP) is 1.89. The Kier molecular flexibility index (Phi) is 3.30. The number of benzene rings is 1. The van der Waals surface area contributed by atoms with E-state index in [4.69, 9.17) is 11.6 Å². The van der Waals surface area contributed by atoms with Gasteiger partial charge in [-0.15, -0.1) is 0 Å². The van der Waals surface area contributed by atoms with Gasteiger partial charge in [-0.05, 0) is 18.9 Å². The Morgan fingerprint density at radius 1 is 1.48 bits per heavy atom. The maximum absolute atomic E-state index is 14.2. The lowest BCUT2D eigenvalue weighted by Crippen LogP contribution is -2.46. The smallest absolute Gasteiger partial charge is 0.207 e. The summed E-state index contributed by atoms with van der Waals surface area (Å²) in [6.45, 7) is -0.235. The molecule has 1 aliphatic rings. The highest BCUT2D eigenvalue weighted by molar-refractivity contribution is 6.31. The Labute approximate surface area is 125 Å². The van der Waals surface area contributed by atoms with Gasteiger partial charge in [0.25, 0.3) is 0 Å². The Morgan fingerprint density at radius 3 is 2.76 bits per heavy atom. The molecule has 0 bridgehead atoms. The molecular weight excluding hydrogens is 297 g/mol. The molecule has 0 spiro atoms. The van der Waals surface area contributed by atoms with Crippen LogP contribution in [0.2, 0.25) is 5.02 Å². The summed E-state index contributed by atoms with van der Waals surface area (Å²) in [7, 11) is 0. The van der Waals surface area contributed by atoms with Gasteiger partial charge in [0.2, 0.25) is 5.78 Å². The standard InChI is InChI=1S/C14H13ClFN3O2/c15-11-4-2-1-3-10(11)14(21,7-19-9-17-8-18-19)12(20)13(16)5-6-13/h1-4,8-9,21H,5-7H2. The summed E-state index contributed by atoms with van der Waals surface area (Å²) in [5.74, 6) is -0.876. The fourth-order valence-electron chi connectivity index (χ4n) is 2.33. The van der Waals surface area contributed by atoms with Gasteiger partial charge >= 0.3 is 0 Å². The van der Waals surface area contributed by atoms with Crippen molar-refractivity contribution in [1.82, 2.24) is 14.8 Å². The normalized spacial score (nSPS) is 19.0. The zero-order chi connectivity index (χ0) is 15.1. The van der Waals surface area contributed by atoms with Gasteiger partial charge in [-0.1, -0.05) is 29.8 Å². The molecule has 1 aliphatic carbocycles. The van der Waals surface area contributed by atoms with E-state index in [-0.39, 0.29) is 30.0 Å². The zero-order valence-corrected chi connectivity index (χ0v) is 11.8. The second-order valence-corrected chi connectivity index (χ2v) is 5.63. The number of carbonyl (C=O) groups excluding carboxylic acids is 1. The van der Waals surface area contributed by atoms with Crippen molar-refractivity contribution in [1.29, 1.82) is 0 Å². The number of hydrogen-bond donors (Lipinski definition) is 1. The number of aromatic nitrogens is 3. The van der Waals surface area contributed by atoms with E-state index in [1.54, 1.807) is 18.2 Å². The summed E-state index contributed by atoms with van der Waals surface area (Å²) < 4.78 is 15.5. The van der Waals surface area contributed by atoms with E-state index in [1.165, 1.54) is 23.4 Å². The number of alkyl halides is 1. The fourth-order valence-corrected chi connectivity index (χ4v) is 2.62. The molecule has 1 fully saturated rings. The molecule has 110 valence electrons. The lowest BCUT2D eigenvalue weighted by molar-refractivity contribution is -0.147. The van der Waals surface area contributed by atoms with Crippen LogP contribution in [0.1, 0.15) is 18.4 Å². The Bertz CT molecular complexity index is 673. The summed E-state index contributed by atoms with van der Waals surface area (Å²) in [6, 6.07) is 6.38. The fraction of sp³-hybridized carbons (Fsp3) is 0.357. The highest BCUT2D eigenvalue weighted by atomic mass is 35.5. The van der Waals surface area contributed by atoms with Gasteiger partial charge in [-0.25, -0.2) is 14.1 Å². The minimum absolute atomic E-state index is 0.121. The first-order valence-corrected chi connectivity index (χ1v) is 6.87. The summed E-state index contributed by atoms with van der Waals surface area (Å²) in [5, 5.41) is 15.0.